The Balaban J connectivity index is 0.00000462. The second-order valence-corrected chi connectivity index (χ2v) is 8.97. The Morgan fingerprint density at radius 3 is 1.98 bits per heavy atom. The number of rotatable bonds is 11. The summed E-state index contributed by atoms with van der Waals surface area (Å²) in [4.78, 5) is 38.8. The third-order valence-electron chi connectivity index (χ3n) is 6.10. The molecule has 0 radical (unpaired) electrons. The number of ether oxygens (including phenoxy) is 4. The number of allylic oxidation sites excluding steroid dienone is 1. The number of esters is 1. The number of carbonyl (C=O) groups is 3. The van der Waals surface area contributed by atoms with Gasteiger partial charge in [-0.25, -0.2) is 4.79 Å². The van der Waals surface area contributed by atoms with E-state index in [2.05, 4.69) is 8.75 Å². The molecule has 0 saturated carbocycles. The zero-order valence-corrected chi connectivity index (χ0v) is 26.0. The van der Waals surface area contributed by atoms with Crippen LogP contribution in [-0.4, -0.2) is 54.4 Å². The molecular formula is C29H25N2NaO8S. The molecule has 4 rings (SSSR count). The average Bonchev–Trinajstić information content (AvgIpc) is 3.44. The van der Waals surface area contributed by atoms with Crippen LogP contribution >= 0.6 is 11.7 Å². The van der Waals surface area contributed by atoms with Gasteiger partial charge >= 0.3 is 35.5 Å². The molecule has 12 heteroatoms. The summed E-state index contributed by atoms with van der Waals surface area (Å²) in [7, 11) is 4.26. The number of nitrogens with zero attached hydrogens (tertiary/aromatic N) is 2. The first-order valence-electron chi connectivity index (χ1n) is 12.1. The number of aromatic nitrogens is 2. The van der Waals surface area contributed by atoms with Crippen molar-refractivity contribution in [3.8, 4) is 17.2 Å². The first kappa shape index (κ1) is 31.8. The van der Waals surface area contributed by atoms with Crippen molar-refractivity contribution in [1.29, 1.82) is 0 Å². The molecule has 0 spiro atoms. The second-order valence-electron chi connectivity index (χ2n) is 8.45. The van der Waals surface area contributed by atoms with Crippen LogP contribution in [0.2, 0.25) is 0 Å². The summed E-state index contributed by atoms with van der Waals surface area (Å²) >= 11 is 0.991. The Bertz CT molecular complexity index is 1590. The number of fused-ring (bicyclic) bond motifs is 1. The maximum absolute atomic E-state index is 14.1. The van der Waals surface area contributed by atoms with Crippen LogP contribution in [-0.2, 0) is 16.0 Å². The minimum Gasteiger partial charge on any atom is -0.545 e. The van der Waals surface area contributed by atoms with Gasteiger partial charge in [0.05, 0.1) is 51.2 Å². The van der Waals surface area contributed by atoms with Crippen molar-refractivity contribution in [3.05, 3.63) is 82.4 Å². The van der Waals surface area contributed by atoms with Crippen molar-refractivity contribution in [2.75, 3.05) is 27.9 Å². The van der Waals surface area contributed by atoms with Gasteiger partial charge in [-0.1, -0.05) is 18.2 Å². The molecule has 0 aliphatic heterocycles. The summed E-state index contributed by atoms with van der Waals surface area (Å²) in [5.74, 6) is -1.88. The topological polar surface area (TPSA) is 137 Å². The van der Waals surface area contributed by atoms with Gasteiger partial charge in [0.15, 0.2) is 17.3 Å². The first-order valence-corrected chi connectivity index (χ1v) is 12.8. The molecule has 0 bridgehead atoms. The summed E-state index contributed by atoms with van der Waals surface area (Å²) in [6, 6.07) is 14.0. The Kier molecular flexibility index (Phi) is 11.0. The number of methoxy groups -OCH3 is 3. The molecule has 1 aromatic heterocycles. The number of benzene rings is 3. The molecule has 0 aliphatic rings. The quantitative estimate of drug-likeness (QED) is 0.106. The van der Waals surface area contributed by atoms with E-state index in [-0.39, 0.29) is 82.1 Å². The molecule has 0 amide bonds. The predicted molar refractivity (Wildman–Crippen MR) is 146 cm³/mol. The smallest absolute Gasteiger partial charge is 0.545 e. The van der Waals surface area contributed by atoms with Crippen LogP contribution in [0.15, 0.2) is 60.2 Å². The van der Waals surface area contributed by atoms with Gasteiger partial charge in [0.2, 0.25) is 5.75 Å². The van der Waals surface area contributed by atoms with Gasteiger partial charge in [-0.15, -0.1) is 0 Å². The maximum Gasteiger partial charge on any atom is 1.00 e. The molecule has 1 heterocycles. The van der Waals surface area contributed by atoms with Crippen LogP contribution < -0.4 is 48.9 Å². The monoisotopic (exact) mass is 584 g/mol. The third kappa shape index (κ3) is 6.94. The molecular weight excluding hydrogens is 559 g/mol. The molecule has 0 saturated heterocycles. The number of carboxylic acid groups (broad SMARTS) is 1. The number of ketones is 1. The number of Topliss-reactive ketones (excluding diaryl/α,β-unsaturated/α-hetero) is 1. The zero-order chi connectivity index (χ0) is 28.8. The van der Waals surface area contributed by atoms with Crippen LogP contribution in [0, 0.1) is 0 Å². The van der Waals surface area contributed by atoms with Gasteiger partial charge in [0.25, 0.3) is 0 Å². The molecule has 0 unspecified atom stereocenters. The summed E-state index contributed by atoms with van der Waals surface area (Å²) < 4.78 is 29.5. The van der Waals surface area contributed by atoms with Crippen molar-refractivity contribution in [1.82, 2.24) is 8.75 Å². The number of hydrogen-bond donors (Lipinski definition) is 0. The summed E-state index contributed by atoms with van der Waals surface area (Å²) in [5, 5.41) is 12.6. The molecule has 3 aromatic carbocycles. The van der Waals surface area contributed by atoms with Crippen LogP contribution in [0.3, 0.4) is 0 Å². The standard InChI is InChI=1S/C29H26N2O8S.Na/c1-5-39-29(35)17-8-6-16(7-9-17)12-20(25(28(33)34)18-10-11-21-22(13-18)31-40-30-21)26(32)19-14-23(36-2)27(38-4)24(15-19)37-3;/h6-11,13-15H,5,12H2,1-4H3,(H,33,34);/q;+1/p-1. The van der Waals surface area contributed by atoms with Crippen molar-refractivity contribution in [2.45, 2.75) is 13.3 Å². The van der Waals surface area contributed by atoms with Crippen LogP contribution in [0.4, 0.5) is 0 Å². The van der Waals surface area contributed by atoms with Gasteiger partial charge in [-0.3, -0.25) is 4.79 Å². The van der Waals surface area contributed by atoms with E-state index in [1.807, 2.05) is 0 Å². The van der Waals surface area contributed by atoms with Gasteiger partial charge < -0.3 is 28.8 Å². The molecule has 0 aliphatic carbocycles. The molecule has 206 valence electrons. The van der Waals surface area contributed by atoms with Gasteiger partial charge in [-0.2, -0.15) is 8.75 Å². The van der Waals surface area contributed by atoms with E-state index in [0.29, 0.717) is 22.2 Å². The molecule has 0 fully saturated rings. The van der Waals surface area contributed by atoms with E-state index < -0.39 is 17.7 Å². The second kappa shape index (κ2) is 14.2. The van der Waals surface area contributed by atoms with Crippen molar-refractivity contribution in [3.63, 3.8) is 0 Å². The predicted octanol–water partition coefficient (Wildman–Crippen LogP) is 0.527. The van der Waals surface area contributed by atoms with E-state index >= 15 is 0 Å². The van der Waals surface area contributed by atoms with E-state index in [1.165, 1.54) is 33.5 Å². The number of carbonyl (C=O) groups excluding carboxylic acids is 3. The van der Waals surface area contributed by atoms with Gasteiger partial charge in [0.1, 0.15) is 11.0 Å². The number of carboxylic acids is 1. The minimum atomic E-state index is -1.54. The summed E-state index contributed by atoms with van der Waals surface area (Å²) in [5.41, 5.74) is 1.98. The molecule has 0 N–H and O–H groups in total. The fraction of sp³-hybridized carbons (Fsp3) is 0.207. The summed E-state index contributed by atoms with van der Waals surface area (Å²) in [6.45, 7) is 1.93. The normalized spacial score (nSPS) is 11.2. The Hall–Kier alpha value is -3.77. The van der Waals surface area contributed by atoms with Crippen LogP contribution in [0.25, 0.3) is 16.6 Å². The Labute approximate surface area is 262 Å². The molecule has 10 nitrogen and oxygen atoms in total. The summed E-state index contributed by atoms with van der Waals surface area (Å²) in [6.07, 6.45) is -0.0880. The van der Waals surface area contributed by atoms with Gasteiger partial charge in [0, 0.05) is 23.1 Å². The molecule has 41 heavy (non-hydrogen) atoms. The first-order chi connectivity index (χ1) is 19.3. The minimum absolute atomic E-state index is 0. The third-order valence-corrected chi connectivity index (χ3v) is 6.65. The van der Waals surface area contributed by atoms with Crippen LogP contribution in [0.1, 0.15) is 38.8 Å². The zero-order valence-electron chi connectivity index (χ0n) is 23.2. The Morgan fingerprint density at radius 2 is 1.41 bits per heavy atom. The average molecular weight is 585 g/mol. The van der Waals surface area contributed by atoms with E-state index in [0.717, 1.165) is 11.7 Å². The van der Waals surface area contributed by atoms with Crippen molar-refractivity contribution < 1.29 is 68.0 Å². The fourth-order valence-electron chi connectivity index (χ4n) is 4.20. The Morgan fingerprint density at radius 1 is 0.805 bits per heavy atom. The molecule has 4 aromatic rings. The van der Waals surface area contributed by atoms with Crippen molar-refractivity contribution >= 4 is 46.1 Å². The van der Waals surface area contributed by atoms with Crippen molar-refractivity contribution in [2.24, 2.45) is 0 Å². The SMILES string of the molecule is CCOC(=O)c1ccc(CC(C(=O)c2cc(OC)c(OC)c(OC)c2)=C(C(=O)[O-])c2ccc3nsnc3c2)cc1.[Na+]. The molecule has 0 atom stereocenters. The van der Waals surface area contributed by atoms with Crippen LogP contribution in [0.5, 0.6) is 17.2 Å². The van der Waals surface area contributed by atoms with E-state index in [4.69, 9.17) is 18.9 Å². The maximum atomic E-state index is 14.1. The van der Waals surface area contributed by atoms with Gasteiger partial charge in [-0.05, 0) is 54.4 Å². The number of hydrogen-bond acceptors (Lipinski definition) is 11. The fourth-order valence-corrected chi connectivity index (χ4v) is 4.72. The van der Waals surface area contributed by atoms with E-state index in [1.54, 1.807) is 49.4 Å². The van der Waals surface area contributed by atoms with E-state index in [9.17, 15) is 19.5 Å². The number of aliphatic carboxylic acids is 1. The largest absolute Gasteiger partial charge is 1.00 e.